The minimum Gasteiger partial charge on any atom is -0.439 e. The van der Waals surface area contributed by atoms with Crippen molar-refractivity contribution in [1.29, 1.82) is 0 Å². The maximum atomic E-state index is 5.96. The lowest BCUT2D eigenvalue weighted by atomic mass is 10.2. The maximum Gasteiger partial charge on any atom is 0.224 e. The average Bonchev–Trinajstić information content (AvgIpc) is 2.96. The van der Waals surface area contributed by atoms with E-state index in [9.17, 15) is 0 Å². The van der Waals surface area contributed by atoms with Crippen LogP contribution in [0.5, 0.6) is 11.6 Å². The van der Waals surface area contributed by atoms with Gasteiger partial charge in [0.25, 0.3) is 0 Å². The van der Waals surface area contributed by atoms with E-state index in [2.05, 4.69) is 23.6 Å². The first-order valence-corrected chi connectivity index (χ1v) is 6.95. The highest BCUT2D eigenvalue weighted by Gasteiger charge is 2.08. The van der Waals surface area contributed by atoms with E-state index < -0.39 is 0 Å². The van der Waals surface area contributed by atoms with Crippen LogP contribution in [0.3, 0.4) is 0 Å². The van der Waals surface area contributed by atoms with Gasteiger partial charge < -0.3 is 4.74 Å². The summed E-state index contributed by atoms with van der Waals surface area (Å²) in [4.78, 5) is 4.56. The Hall–Kier alpha value is -2.62. The summed E-state index contributed by atoms with van der Waals surface area (Å²) in [6, 6.07) is 11.8. The number of ether oxygens (including phenoxy) is 1. The molecular weight excluding hydrogens is 262 g/mol. The summed E-state index contributed by atoms with van der Waals surface area (Å²) in [7, 11) is 0. The zero-order chi connectivity index (χ0) is 14.7. The molecule has 0 saturated heterocycles. The summed E-state index contributed by atoms with van der Waals surface area (Å²) in [5, 5.41) is 4.26. The van der Waals surface area contributed by atoms with Crippen LogP contribution in [0, 0.1) is 6.92 Å². The minimum atomic E-state index is 0.674. The summed E-state index contributed by atoms with van der Waals surface area (Å²) in [6.45, 7) is 5.80. The first kappa shape index (κ1) is 13.4. The molecule has 0 unspecified atom stereocenters. The van der Waals surface area contributed by atoms with E-state index in [0.717, 1.165) is 29.9 Å². The van der Waals surface area contributed by atoms with Gasteiger partial charge in [-0.15, -0.1) is 6.58 Å². The molecule has 0 aliphatic heterocycles. The molecule has 0 N–H and O–H groups in total. The molecule has 4 nitrogen and oxygen atoms in total. The van der Waals surface area contributed by atoms with Crippen molar-refractivity contribution in [1.82, 2.24) is 14.6 Å². The van der Waals surface area contributed by atoms with Gasteiger partial charge in [0.05, 0.1) is 6.20 Å². The molecule has 0 bridgehead atoms. The maximum absolute atomic E-state index is 5.96. The lowest BCUT2D eigenvalue weighted by Gasteiger charge is -2.09. The van der Waals surface area contributed by atoms with Crippen molar-refractivity contribution >= 4 is 5.65 Å². The number of fused-ring (bicyclic) bond motifs is 1. The highest BCUT2D eigenvalue weighted by Crippen LogP contribution is 2.23. The van der Waals surface area contributed by atoms with Crippen LogP contribution in [0.25, 0.3) is 5.65 Å². The van der Waals surface area contributed by atoms with Gasteiger partial charge in [-0.25, -0.2) is 4.98 Å². The zero-order valence-electron chi connectivity index (χ0n) is 12.0. The molecule has 0 amide bonds. The van der Waals surface area contributed by atoms with Gasteiger partial charge in [-0.2, -0.15) is 9.61 Å². The lowest BCUT2D eigenvalue weighted by Crippen LogP contribution is -2.00. The number of nitrogens with zero attached hydrogens (tertiary/aromatic N) is 3. The van der Waals surface area contributed by atoms with Gasteiger partial charge in [-0.05, 0) is 31.9 Å². The Bertz CT molecular complexity index is 759. The van der Waals surface area contributed by atoms with Gasteiger partial charge >= 0.3 is 0 Å². The van der Waals surface area contributed by atoms with Crippen molar-refractivity contribution in [2.75, 3.05) is 0 Å². The van der Waals surface area contributed by atoms with E-state index in [-0.39, 0.29) is 0 Å². The second kappa shape index (κ2) is 5.79. The van der Waals surface area contributed by atoms with E-state index in [0.29, 0.717) is 5.88 Å². The van der Waals surface area contributed by atoms with E-state index >= 15 is 0 Å². The predicted octanol–water partition coefficient (Wildman–Crippen LogP) is 3.95. The molecule has 2 aromatic heterocycles. The van der Waals surface area contributed by atoms with Crippen LogP contribution in [0.15, 0.2) is 55.3 Å². The van der Waals surface area contributed by atoms with E-state index in [4.69, 9.17) is 4.74 Å². The Morgan fingerprint density at radius 2 is 2.05 bits per heavy atom. The number of allylic oxidation sites excluding steroid dienone is 1. The van der Waals surface area contributed by atoms with E-state index in [1.54, 1.807) is 10.7 Å². The molecule has 0 radical (unpaired) electrons. The molecule has 0 saturated carbocycles. The fraction of sp³-hybridized carbons (Fsp3) is 0.176. The topological polar surface area (TPSA) is 39.4 Å². The number of aryl methyl sites for hydroxylation is 2. The SMILES string of the molecule is C=CCCc1cc(Oc2ccc(C)cc2)n2nccc2n1. The van der Waals surface area contributed by atoms with Crippen molar-refractivity contribution in [3.8, 4) is 11.6 Å². The minimum absolute atomic E-state index is 0.674. The summed E-state index contributed by atoms with van der Waals surface area (Å²) >= 11 is 0. The molecule has 3 rings (SSSR count). The second-order valence-corrected chi connectivity index (χ2v) is 4.93. The zero-order valence-corrected chi connectivity index (χ0v) is 12.0. The number of aromatic nitrogens is 3. The van der Waals surface area contributed by atoms with Gasteiger partial charge in [0, 0.05) is 17.8 Å². The normalized spacial score (nSPS) is 10.7. The number of hydrogen-bond donors (Lipinski definition) is 0. The second-order valence-electron chi connectivity index (χ2n) is 4.93. The van der Waals surface area contributed by atoms with Gasteiger partial charge in [-0.3, -0.25) is 0 Å². The Morgan fingerprint density at radius 3 is 2.81 bits per heavy atom. The van der Waals surface area contributed by atoms with E-state index in [1.807, 2.05) is 42.5 Å². The lowest BCUT2D eigenvalue weighted by molar-refractivity contribution is 0.445. The summed E-state index contributed by atoms with van der Waals surface area (Å²) in [5.41, 5.74) is 2.97. The number of rotatable bonds is 5. The van der Waals surface area contributed by atoms with Crippen molar-refractivity contribution in [3.63, 3.8) is 0 Å². The van der Waals surface area contributed by atoms with Gasteiger partial charge in [-0.1, -0.05) is 23.8 Å². The molecule has 0 fully saturated rings. The van der Waals surface area contributed by atoms with Crippen molar-refractivity contribution < 1.29 is 4.74 Å². The van der Waals surface area contributed by atoms with Gasteiger partial charge in [0.15, 0.2) is 5.65 Å². The highest BCUT2D eigenvalue weighted by atomic mass is 16.5. The molecule has 0 aliphatic carbocycles. The fourth-order valence-electron chi connectivity index (χ4n) is 2.11. The predicted molar refractivity (Wildman–Crippen MR) is 82.8 cm³/mol. The molecule has 4 heteroatoms. The molecule has 2 heterocycles. The largest absolute Gasteiger partial charge is 0.439 e. The molecule has 21 heavy (non-hydrogen) atoms. The quantitative estimate of drug-likeness (QED) is 0.664. The van der Waals surface area contributed by atoms with Crippen LogP contribution >= 0.6 is 0 Å². The van der Waals surface area contributed by atoms with Crippen LogP contribution in [0.1, 0.15) is 17.7 Å². The standard InChI is InChI=1S/C17H17N3O/c1-3-4-5-14-12-17(20-16(19-14)10-11-18-20)21-15-8-6-13(2)7-9-15/h3,6-12H,1,4-5H2,2H3. The summed E-state index contributed by atoms with van der Waals surface area (Å²) < 4.78 is 7.67. The fourth-order valence-corrected chi connectivity index (χ4v) is 2.11. The Morgan fingerprint density at radius 1 is 1.24 bits per heavy atom. The number of hydrogen-bond acceptors (Lipinski definition) is 3. The third kappa shape index (κ3) is 2.94. The molecule has 106 valence electrons. The Labute approximate surface area is 123 Å². The van der Waals surface area contributed by atoms with Crippen LogP contribution < -0.4 is 4.74 Å². The molecular formula is C17H17N3O. The van der Waals surface area contributed by atoms with Crippen molar-refractivity contribution in [2.24, 2.45) is 0 Å². The summed E-state index contributed by atoms with van der Waals surface area (Å²) in [6.07, 6.45) is 5.35. The Balaban J connectivity index is 1.97. The Kier molecular flexibility index (Phi) is 3.69. The summed E-state index contributed by atoms with van der Waals surface area (Å²) in [5.74, 6) is 1.46. The third-order valence-corrected chi connectivity index (χ3v) is 3.23. The van der Waals surface area contributed by atoms with Crippen LogP contribution in [-0.4, -0.2) is 14.6 Å². The number of benzene rings is 1. The van der Waals surface area contributed by atoms with Crippen LogP contribution in [0.2, 0.25) is 0 Å². The smallest absolute Gasteiger partial charge is 0.224 e. The van der Waals surface area contributed by atoms with Crippen LogP contribution in [-0.2, 0) is 6.42 Å². The molecule has 3 aromatic rings. The van der Waals surface area contributed by atoms with E-state index in [1.165, 1.54) is 5.56 Å². The van der Waals surface area contributed by atoms with Crippen molar-refractivity contribution in [2.45, 2.75) is 19.8 Å². The molecule has 0 spiro atoms. The highest BCUT2D eigenvalue weighted by molar-refractivity contribution is 5.42. The first-order chi connectivity index (χ1) is 10.3. The molecule has 0 aliphatic rings. The first-order valence-electron chi connectivity index (χ1n) is 6.95. The van der Waals surface area contributed by atoms with Crippen molar-refractivity contribution in [3.05, 3.63) is 66.5 Å². The van der Waals surface area contributed by atoms with Gasteiger partial charge in [0.1, 0.15) is 5.75 Å². The van der Waals surface area contributed by atoms with Crippen LogP contribution in [0.4, 0.5) is 0 Å². The van der Waals surface area contributed by atoms with Gasteiger partial charge in [0.2, 0.25) is 5.88 Å². The molecule has 0 atom stereocenters. The average molecular weight is 279 g/mol. The monoisotopic (exact) mass is 279 g/mol. The third-order valence-electron chi connectivity index (χ3n) is 3.23. The molecule has 1 aromatic carbocycles.